The average Bonchev–Trinajstić information content (AvgIpc) is 2.92. The van der Waals surface area contributed by atoms with Gasteiger partial charge in [0, 0.05) is 21.8 Å². The van der Waals surface area contributed by atoms with Crippen molar-refractivity contribution in [3.05, 3.63) is 84.0 Å². The van der Waals surface area contributed by atoms with Crippen LogP contribution in [-0.4, -0.2) is 4.98 Å². The molecule has 0 spiro atoms. The van der Waals surface area contributed by atoms with Crippen LogP contribution in [0.3, 0.4) is 0 Å². The van der Waals surface area contributed by atoms with E-state index in [0.29, 0.717) is 0 Å². The fourth-order valence-corrected chi connectivity index (χ4v) is 3.10. The summed E-state index contributed by atoms with van der Waals surface area (Å²) in [6.07, 6.45) is 11.9. The lowest BCUT2D eigenvalue weighted by Crippen LogP contribution is -1.85. The van der Waals surface area contributed by atoms with Crippen molar-refractivity contribution in [2.24, 2.45) is 0 Å². The van der Waals surface area contributed by atoms with E-state index in [9.17, 15) is 0 Å². The summed E-state index contributed by atoms with van der Waals surface area (Å²) in [5.41, 5.74) is 7.33. The van der Waals surface area contributed by atoms with E-state index in [-0.39, 0.29) is 0 Å². The normalized spacial score (nSPS) is 11.9. The van der Waals surface area contributed by atoms with Crippen LogP contribution in [0.1, 0.15) is 22.3 Å². The molecule has 3 rings (SSSR count). The summed E-state index contributed by atoms with van der Waals surface area (Å²) in [6, 6.07) is 8.64. The third kappa shape index (κ3) is 2.55. The van der Waals surface area contributed by atoms with E-state index in [1.54, 1.807) is 0 Å². The van der Waals surface area contributed by atoms with Crippen LogP contribution in [0.2, 0.25) is 0 Å². The van der Waals surface area contributed by atoms with Crippen molar-refractivity contribution < 1.29 is 0 Å². The SMILES string of the molecule is C=C/C=C\c1c(C)ccc2[nH]c3ccc(C)c(/C=C\C=C)c3c12. The summed E-state index contributed by atoms with van der Waals surface area (Å²) in [5, 5.41) is 2.54. The van der Waals surface area contributed by atoms with Gasteiger partial charge >= 0.3 is 0 Å². The maximum Gasteiger partial charge on any atom is 0.0471 e. The van der Waals surface area contributed by atoms with Gasteiger partial charge in [-0.15, -0.1) is 0 Å². The van der Waals surface area contributed by atoms with Crippen molar-refractivity contribution in [2.45, 2.75) is 13.8 Å². The first-order valence-electron chi connectivity index (χ1n) is 7.80. The van der Waals surface area contributed by atoms with Crippen LogP contribution < -0.4 is 0 Å². The zero-order valence-corrected chi connectivity index (χ0v) is 13.7. The number of aromatic nitrogens is 1. The summed E-state index contributed by atoms with van der Waals surface area (Å²) < 4.78 is 0. The fourth-order valence-electron chi connectivity index (χ4n) is 3.10. The molecule has 1 N–H and O–H groups in total. The van der Waals surface area contributed by atoms with Crippen molar-refractivity contribution in [2.75, 3.05) is 0 Å². The minimum absolute atomic E-state index is 1.16. The van der Waals surface area contributed by atoms with Crippen molar-refractivity contribution in [3.63, 3.8) is 0 Å². The first-order valence-corrected chi connectivity index (χ1v) is 7.80. The Hall–Kier alpha value is -2.80. The number of hydrogen-bond donors (Lipinski definition) is 1. The largest absolute Gasteiger partial charge is 0.354 e. The Morgan fingerprint density at radius 3 is 1.57 bits per heavy atom. The van der Waals surface area contributed by atoms with Gasteiger partial charge in [0.1, 0.15) is 0 Å². The second-order valence-corrected chi connectivity index (χ2v) is 5.75. The van der Waals surface area contributed by atoms with Gasteiger partial charge in [-0.3, -0.25) is 0 Å². The third-order valence-electron chi connectivity index (χ3n) is 4.24. The number of nitrogens with one attached hydrogen (secondary N) is 1. The second kappa shape index (κ2) is 6.13. The molecule has 0 saturated carbocycles. The van der Waals surface area contributed by atoms with Crippen molar-refractivity contribution in [3.8, 4) is 0 Å². The van der Waals surface area contributed by atoms with Crippen LogP contribution in [0.25, 0.3) is 34.0 Å². The van der Waals surface area contributed by atoms with Gasteiger partial charge in [0.05, 0.1) is 0 Å². The predicted molar refractivity (Wildman–Crippen MR) is 104 cm³/mol. The molecule has 0 aliphatic carbocycles. The molecule has 1 aromatic heterocycles. The minimum atomic E-state index is 1.16. The minimum Gasteiger partial charge on any atom is -0.354 e. The molecule has 0 amide bonds. The van der Waals surface area contributed by atoms with Crippen LogP contribution >= 0.6 is 0 Å². The zero-order chi connectivity index (χ0) is 16.4. The summed E-state index contributed by atoms with van der Waals surface area (Å²) in [7, 11) is 0. The molecule has 1 nitrogen and oxygen atoms in total. The van der Waals surface area contributed by atoms with Gasteiger partial charge in [-0.1, -0.05) is 61.7 Å². The smallest absolute Gasteiger partial charge is 0.0471 e. The molecule has 0 saturated heterocycles. The maximum absolute atomic E-state index is 3.79. The number of allylic oxidation sites excluding steroid dienone is 4. The third-order valence-corrected chi connectivity index (χ3v) is 4.24. The van der Waals surface area contributed by atoms with Gasteiger partial charge in [-0.2, -0.15) is 0 Å². The maximum atomic E-state index is 3.79. The molecule has 3 aromatic rings. The quantitative estimate of drug-likeness (QED) is 0.541. The molecule has 1 heteroatoms. The van der Waals surface area contributed by atoms with E-state index in [0.717, 1.165) is 11.0 Å². The second-order valence-electron chi connectivity index (χ2n) is 5.75. The molecule has 114 valence electrons. The highest BCUT2D eigenvalue weighted by molar-refractivity contribution is 6.15. The lowest BCUT2D eigenvalue weighted by molar-refractivity contribution is 1.46. The number of aromatic amines is 1. The van der Waals surface area contributed by atoms with Gasteiger partial charge in [0.15, 0.2) is 0 Å². The highest BCUT2D eigenvalue weighted by atomic mass is 14.7. The molecule has 1 heterocycles. The van der Waals surface area contributed by atoms with Gasteiger partial charge in [0.25, 0.3) is 0 Å². The van der Waals surface area contributed by atoms with Crippen molar-refractivity contribution in [1.82, 2.24) is 4.98 Å². The molecule has 2 aromatic carbocycles. The number of H-pyrrole nitrogens is 1. The van der Waals surface area contributed by atoms with Crippen LogP contribution in [0.5, 0.6) is 0 Å². The van der Waals surface area contributed by atoms with E-state index in [4.69, 9.17) is 0 Å². The summed E-state index contributed by atoms with van der Waals surface area (Å²) in [5.74, 6) is 0. The lowest BCUT2D eigenvalue weighted by Gasteiger charge is -2.07. The standard InChI is InChI=1S/C22H21N/c1-5-7-9-17-15(3)11-13-19-21(17)22-18(10-8-6-2)16(4)12-14-20(22)23-19/h5-14,23H,1-2H2,3-4H3/b9-7-,10-8-. The number of fused-ring (bicyclic) bond motifs is 3. The Balaban J connectivity index is 2.51. The molecule has 0 fully saturated rings. The van der Waals surface area contributed by atoms with Crippen molar-refractivity contribution in [1.29, 1.82) is 0 Å². The van der Waals surface area contributed by atoms with E-state index in [1.165, 1.54) is 33.0 Å². The number of hydrogen-bond acceptors (Lipinski definition) is 0. The monoisotopic (exact) mass is 299 g/mol. The Kier molecular flexibility index (Phi) is 4.03. The van der Waals surface area contributed by atoms with Crippen LogP contribution in [-0.2, 0) is 0 Å². The Morgan fingerprint density at radius 2 is 1.17 bits per heavy atom. The first kappa shape index (κ1) is 15.1. The van der Waals surface area contributed by atoms with E-state index < -0.39 is 0 Å². The Bertz CT molecular complexity index is 886. The van der Waals surface area contributed by atoms with Gasteiger partial charge < -0.3 is 4.98 Å². The van der Waals surface area contributed by atoms with Crippen LogP contribution in [0.4, 0.5) is 0 Å². The van der Waals surface area contributed by atoms with E-state index in [1.807, 2.05) is 24.3 Å². The van der Waals surface area contributed by atoms with Crippen molar-refractivity contribution >= 4 is 34.0 Å². The summed E-state index contributed by atoms with van der Waals surface area (Å²) in [6.45, 7) is 11.9. The molecule has 0 unspecified atom stereocenters. The topological polar surface area (TPSA) is 15.8 Å². The Morgan fingerprint density at radius 1 is 0.739 bits per heavy atom. The molecule has 0 atom stereocenters. The fraction of sp³-hybridized carbons (Fsp3) is 0.0909. The predicted octanol–water partition coefficient (Wildman–Crippen LogP) is 6.34. The Labute approximate surface area is 137 Å². The molecular formula is C22H21N. The summed E-state index contributed by atoms with van der Waals surface area (Å²) in [4.78, 5) is 3.55. The van der Waals surface area contributed by atoms with Gasteiger partial charge in [0.2, 0.25) is 0 Å². The number of rotatable bonds is 4. The van der Waals surface area contributed by atoms with Crippen LogP contribution in [0, 0.1) is 13.8 Å². The highest BCUT2D eigenvalue weighted by Gasteiger charge is 2.13. The average molecular weight is 299 g/mol. The number of benzene rings is 2. The lowest BCUT2D eigenvalue weighted by atomic mass is 9.96. The molecule has 0 aliphatic heterocycles. The van der Waals surface area contributed by atoms with Gasteiger partial charge in [-0.25, -0.2) is 0 Å². The molecule has 23 heavy (non-hydrogen) atoms. The number of aryl methyl sites for hydroxylation is 2. The van der Waals surface area contributed by atoms with E-state index in [2.05, 4.69) is 68.4 Å². The zero-order valence-electron chi connectivity index (χ0n) is 13.7. The van der Waals surface area contributed by atoms with Crippen LogP contribution in [0.15, 0.2) is 61.7 Å². The first-order chi connectivity index (χ1) is 11.2. The molecule has 0 bridgehead atoms. The van der Waals surface area contributed by atoms with E-state index >= 15 is 0 Å². The molecular weight excluding hydrogens is 278 g/mol. The molecule has 0 radical (unpaired) electrons. The van der Waals surface area contributed by atoms with Gasteiger partial charge in [-0.05, 0) is 48.2 Å². The highest BCUT2D eigenvalue weighted by Crippen LogP contribution is 2.35. The summed E-state index contributed by atoms with van der Waals surface area (Å²) >= 11 is 0. The molecule has 0 aliphatic rings.